The average Bonchev–Trinajstić information content (AvgIpc) is 2.59. The summed E-state index contributed by atoms with van der Waals surface area (Å²) < 4.78 is 11.4. The van der Waals surface area contributed by atoms with E-state index >= 15 is 0 Å². The molecule has 1 N–H and O–H groups in total. The van der Waals surface area contributed by atoms with E-state index in [0.29, 0.717) is 13.2 Å². The molecule has 1 amide bonds. The van der Waals surface area contributed by atoms with Gasteiger partial charge < -0.3 is 19.7 Å². The monoisotopic (exact) mass is 356 g/mol. The van der Waals surface area contributed by atoms with Crippen LogP contribution in [-0.4, -0.2) is 56.8 Å². The Balaban J connectivity index is 0.00000288. The topological polar surface area (TPSA) is 50.8 Å². The van der Waals surface area contributed by atoms with Crippen LogP contribution in [0.3, 0.4) is 0 Å². The molecule has 1 aliphatic heterocycles. The molecule has 1 heterocycles. The van der Waals surface area contributed by atoms with Crippen molar-refractivity contribution < 1.29 is 14.3 Å². The first-order valence-electron chi connectivity index (χ1n) is 8.29. The number of hydrogen-bond donors (Lipinski definition) is 1. The third kappa shape index (κ3) is 5.10. The van der Waals surface area contributed by atoms with E-state index < -0.39 is 5.60 Å². The molecular weight excluding hydrogens is 328 g/mol. The predicted molar refractivity (Wildman–Crippen MR) is 98.0 cm³/mol. The molecule has 1 aromatic rings. The van der Waals surface area contributed by atoms with E-state index in [-0.39, 0.29) is 18.3 Å². The molecule has 0 radical (unpaired) electrons. The van der Waals surface area contributed by atoms with Gasteiger partial charge in [0.25, 0.3) is 5.91 Å². The molecule has 0 aromatic heterocycles. The maximum Gasteiger partial charge on any atom is 0.254 e. The Morgan fingerprint density at radius 1 is 1.29 bits per heavy atom. The number of likely N-dealkylation sites (N-methyl/N-ethyl adjacent to an activating group) is 1. The van der Waals surface area contributed by atoms with Gasteiger partial charge in [-0.1, -0.05) is 18.2 Å². The van der Waals surface area contributed by atoms with Gasteiger partial charge in [-0.3, -0.25) is 4.79 Å². The molecule has 0 aliphatic carbocycles. The number of para-hydroxylation sites is 1. The summed E-state index contributed by atoms with van der Waals surface area (Å²) in [6.45, 7) is 4.95. The molecule has 0 spiro atoms. The normalized spacial score (nSPS) is 16.1. The van der Waals surface area contributed by atoms with Gasteiger partial charge in [-0.25, -0.2) is 0 Å². The largest absolute Gasteiger partial charge is 0.493 e. The van der Waals surface area contributed by atoms with Crippen LogP contribution in [0.1, 0.15) is 24.8 Å². The van der Waals surface area contributed by atoms with E-state index in [9.17, 15) is 4.79 Å². The molecule has 24 heavy (non-hydrogen) atoms. The molecule has 6 heteroatoms. The third-order valence-corrected chi connectivity index (χ3v) is 4.53. The lowest BCUT2D eigenvalue weighted by Gasteiger charge is -2.37. The Morgan fingerprint density at radius 3 is 2.58 bits per heavy atom. The van der Waals surface area contributed by atoms with Gasteiger partial charge in [-0.05, 0) is 50.9 Å². The van der Waals surface area contributed by atoms with Crippen molar-refractivity contribution in [2.24, 2.45) is 0 Å². The lowest BCUT2D eigenvalue weighted by atomic mass is 9.90. The van der Waals surface area contributed by atoms with Crippen molar-refractivity contribution in [3.05, 3.63) is 29.8 Å². The number of halogens is 1. The zero-order valence-corrected chi connectivity index (χ0v) is 15.7. The number of piperidine rings is 1. The Kier molecular flexibility index (Phi) is 8.53. The number of amides is 1. The molecule has 1 aromatic carbocycles. The lowest BCUT2D eigenvalue weighted by Crippen LogP contribution is -2.54. The van der Waals surface area contributed by atoms with E-state index in [4.69, 9.17) is 9.47 Å². The number of methoxy groups -OCH3 is 1. The Morgan fingerprint density at radius 2 is 1.96 bits per heavy atom. The van der Waals surface area contributed by atoms with E-state index in [1.54, 1.807) is 12.0 Å². The highest BCUT2D eigenvalue weighted by atomic mass is 35.5. The zero-order valence-electron chi connectivity index (χ0n) is 14.8. The number of ether oxygens (including phenoxy) is 2. The summed E-state index contributed by atoms with van der Waals surface area (Å²) in [5, 5.41) is 3.27. The van der Waals surface area contributed by atoms with Crippen LogP contribution in [0.2, 0.25) is 0 Å². The van der Waals surface area contributed by atoms with Crippen LogP contribution >= 0.6 is 12.4 Å². The van der Waals surface area contributed by atoms with Crippen molar-refractivity contribution in [1.29, 1.82) is 0 Å². The van der Waals surface area contributed by atoms with Crippen molar-refractivity contribution >= 4 is 18.3 Å². The minimum Gasteiger partial charge on any atom is -0.493 e. The second-order valence-electron chi connectivity index (χ2n) is 6.14. The minimum absolute atomic E-state index is 0. The van der Waals surface area contributed by atoms with Crippen molar-refractivity contribution in [3.8, 4) is 5.75 Å². The van der Waals surface area contributed by atoms with Crippen LogP contribution in [0, 0.1) is 6.92 Å². The number of aryl methyl sites for hydroxylation is 1. The standard InChI is InChI=1S/C18H28N2O3.ClH/c1-15-7-4-5-8-16(15)23-14-6-13-20(2)17(21)18(22-3)9-11-19-12-10-18;/h4-5,7-8,19H,6,9-14H2,1-3H3;1H. The number of nitrogens with zero attached hydrogens (tertiary/aromatic N) is 1. The van der Waals surface area contributed by atoms with Crippen LogP contribution < -0.4 is 10.1 Å². The van der Waals surface area contributed by atoms with Gasteiger partial charge in [-0.2, -0.15) is 0 Å². The Bertz CT molecular complexity index is 519. The summed E-state index contributed by atoms with van der Waals surface area (Å²) in [4.78, 5) is 14.5. The summed E-state index contributed by atoms with van der Waals surface area (Å²) in [5.74, 6) is 0.991. The molecule has 2 rings (SSSR count). The molecule has 0 atom stereocenters. The van der Waals surface area contributed by atoms with Gasteiger partial charge in [0.1, 0.15) is 11.4 Å². The molecule has 5 nitrogen and oxygen atoms in total. The van der Waals surface area contributed by atoms with Gasteiger partial charge in [-0.15, -0.1) is 12.4 Å². The highest BCUT2D eigenvalue weighted by molar-refractivity contribution is 5.85. The molecule has 136 valence electrons. The molecule has 1 aliphatic rings. The molecular formula is C18H29ClN2O3. The van der Waals surface area contributed by atoms with Crippen LogP contribution in [-0.2, 0) is 9.53 Å². The second-order valence-corrected chi connectivity index (χ2v) is 6.14. The van der Waals surface area contributed by atoms with E-state index in [1.165, 1.54) is 0 Å². The summed E-state index contributed by atoms with van der Waals surface area (Å²) in [5.41, 5.74) is 0.474. The van der Waals surface area contributed by atoms with Gasteiger partial charge in [0, 0.05) is 20.7 Å². The van der Waals surface area contributed by atoms with Crippen LogP contribution in [0.15, 0.2) is 24.3 Å². The fourth-order valence-corrected chi connectivity index (χ4v) is 2.99. The fraction of sp³-hybridized carbons (Fsp3) is 0.611. The first-order chi connectivity index (χ1) is 11.1. The molecule has 0 saturated carbocycles. The van der Waals surface area contributed by atoms with E-state index in [1.807, 2.05) is 38.2 Å². The summed E-state index contributed by atoms with van der Waals surface area (Å²) in [6.07, 6.45) is 2.26. The highest BCUT2D eigenvalue weighted by Gasteiger charge is 2.41. The maximum absolute atomic E-state index is 12.7. The van der Waals surface area contributed by atoms with Crippen molar-refractivity contribution in [1.82, 2.24) is 10.2 Å². The average molecular weight is 357 g/mol. The molecule has 1 fully saturated rings. The Hall–Kier alpha value is -1.30. The number of hydrogen-bond acceptors (Lipinski definition) is 4. The van der Waals surface area contributed by atoms with E-state index in [2.05, 4.69) is 5.32 Å². The molecule has 0 unspecified atom stereocenters. The summed E-state index contributed by atoms with van der Waals surface area (Å²) in [7, 11) is 3.48. The molecule has 1 saturated heterocycles. The first-order valence-corrected chi connectivity index (χ1v) is 8.29. The number of carbonyl (C=O) groups excluding carboxylic acids is 1. The van der Waals surface area contributed by atoms with Crippen LogP contribution in [0.5, 0.6) is 5.75 Å². The van der Waals surface area contributed by atoms with Crippen molar-refractivity contribution in [2.45, 2.75) is 31.8 Å². The summed E-state index contributed by atoms with van der Waals surface area (Å²) >= 11 is 0. The summed E-state index contributed by atoms with van der Waals surface area (Å²) in [6, 6.07) is 7.97. The van der Waals surface area contributed by atoms with Gasteiger partial charge in [0.15, 0.2) is 0 Å². The fourth-order valence-electron chi connectivity index (χ4n) is 2.99. The maximum atomic E-state index is 12.7. The number of benzene rings is 1. The van der Waals surface area contributed by atoms with Gasteiger partial charge in [0.2, 0.25) is 0 Å². The Labute approximate surface area is 151 Å². The smallest absolute Gasteiger partial charge is 0.254 e. The number of rotatable bonds is 7. The number of nitrogens with one attached hydrogen (secondary N) is 1. The van der Waals surface area contributed by atoms with Crippen molar-refractivity contribution in [2.75, 3.05) is 40.4 Å². The minimum atomic E-state index is -0.656. The third-order valence-electron chi connectivity index (χ3n) is 4.53. The van der Waals surface area contributed by atoms with Gasteiger partial charge in [0.05, 0.1) is 6.61 Å². The first kappa shape index (κ1) is 20.7. The highest BCUT2D eigenvalue weighted by Crippen LogP contribution is 2.24. The van der Waals surface area contributed by atoms with Crippen molar-refractivity contribution in [3.63, 3.8) is 0 Å². The zero-order chi connectivity index (χ0) is 16.7. The van der Waals surface area contributed by atoms with Gasteiger partial charge >= 0.3 is 0 Å². The second kappa shape index (κ2) is 9.87. The van der Waals surface area contributed by atoms with Crippen LogP contribution in [0.25, 0.3) is 0 Å². The predicted octanol–water partition coefficient (Wildman–Crippen LogP) is 2.41. The van der Waals surface area contributed by atoms with E-state index in [0.717, 1.165) is 43.7 Å². The SMILES string of the molecule is COC1(C(=O)N(C)CCCOc2ccccc2C)CCNCC1.Cl. The lowest BCUT2D eigenvalue weighted by molar-refractivity contribution is -0.157. The number of carbonyl (C=O) groups is 1. The molecule has 0 bridgehead atoms. The quantitative estimate of drug-likeness (QED) is 0.762. The van der Waals surface area contributed by atoms with Crippen LogP contribution in [0.4, 0.5) is 0 Å².